The van der Waals surface area contributed by atoms with Gasteiger partial charge in [-0.2, -0.15) is 0 Å². The molecule has 0 unspecified atom stereocenters. The molecule has 146 valence electrons. The summed E-state index contributed by atoms with van der Waals surface area (Å²) in [5, 5.41) is 0. The molecule has 0 radical (unpaired) electrons. The summed E-state index contributed by atoms with van der Waals surface area (Å²) in [6.07, 6.45) is 0. The number of fused-ring (bicyclic) bond motifs is 2. The minimum Gasteiger partial charge on any atom is -0.378 e. The summed E-state index contributed by atoms with van der Waals surface area (Å²) < 4.78 is 23.0. The van der Waals surface area contributed by atoms with E-state index >= 15 is 0 Å². The average molecular weight is 364 g/mol. The Hall–Kier alpha value is -1.02. The first-order valence-electron chi connectivity index (χ1n) is 9.74. The van der Waals surface area contributed by atoms with Crippen LogP contribution in [0.2, 0.25) is 0 Å². The molecule has 0 saturated carbocycles. The maximum atomic E-state index is 5.75. The van der Waals surface area contributed by atoms with E-state index in [1.165, 1.54) is 11.1 Å². The van der Waals surface area contributed by atoms with Crippen LogP contribution in [0.15, 0.2) is 24.3 Å². The van der Waals surface area contributed by atoms with Gasteiger partial charge < -0.3 is 18.9 Å². The Morgan fingerprint density at radius 1 is 0.538 bits per heavy atom. The normalized spacial score (nSPS) is 27.5. The molecule has 6 heteroatoms. The van der Waals surface area contributed by atoms with Gasteiger partial charge in [0.2, 0.25) is 0 Å². The first kappa shape index (κ1) is 19.7. The van der Waals surface area contributed by atoms with Crippen molar-refractivity contribution in [2.75, 3.05) is 79.0 Å². The lowest BCUT2D eigenvalue weighted by Crippen LogP contribution is -2.32. The second-order valence-electron chi connectivity index (χ2n) is 6.82. The standard InChI is InChI=1S/C20H32N2O4/c1-2-19-16-20(3-1)18-22-6-10-25-14-12-23-8-4-21(17-19)5-9-24-13-15-26-11-7-22/h1-3,16H,4-15,17-18H2. The monoisotopic (exact) mass is 364 g/mol. The number of hydrogen-bond acceptors (Lipinski definition) is 6. The molecule has 0 fully saturated rings. The van der Waals surface area contributed by atoms with E-state index in [9.17, 15) is 0 Å². The first-order valence-corrected chi connectivity index (χ1v) is 9.74. The topological polar surface area (TPSA) is 43.4 Å². The predicted molar refractivity (Wildman–Crippen MR) is 100 cm³/mol. The molecular formula is C20H32N2O4. The van der Waals surface area contributed by atoms with Gasteiger partial charge in [-0.25, -0.2) is 0 Å². The fourth-order valence-electron chi connectivity index (χ4n) is 3.30. The van der Waals surface area contributed by atoms with Crippen molar-refractivity contribution < 1.29 is 18.9 Å². The van der Waals surface area contributed by atoms with Gasteiger partial charge in [0, 0.05) is 39.3 Å². The molecule has 2 heterocycles. The quantitative estimate of drug-likeness (QED) is 0.693. The average Bonchev–Trinajstić information content (AvgIpc) is 2.65. The van der Waals surface area contributed by atoms with Crippen molar-refractivity contribution in [3.63, 3.8) is 0 Å². The van der Waals surface area contributed by atoms with Crippen LogP contribution in [0.5, 0.6) is 0 Å². The molecule has 26 heavy (non-hydrogen) atoms. The minimum atomic E-state index is 0.654. The zero-order valence-electron chi connectivity index (χ0n) is 15.7. The summed E-state index contributed by atoms with van der Waals surface area (Å²) >= 11 is 0. The van der Waals surface area contributed by atoms with E-state index in [-0.39, 0.29) is 0 Å². The smallest absolute Gasteiger partial charge is 0.0701 e. The SMILES string of the molecule is c1cc2cc(c1)CN1CCOCCOCCN(CCOCCOCC1)C2. The van der Waals surface area contributed by atoms with Crippen molar-refractivity contribution in [3.05, 3.63) is 35.4 Å². The second-order valence-corrected chi connectivity index (χ2v) is 6.82. The molecule has 0 spiro atoms. The van der Waals surface area contributed by atoms with Crippen molar-refractivity contribution in [1.29, 1.82) is 0 Å². The Labute approximate surface area is 157 Å². The fourth-order valence-corrected chi connectivity index (χ4v) is 3.30. The third-order valence-corrected chi connectivity index (χ3v) is 4.76. The van der Waals surface area contributed by atoms with Gasteiger partial charge in [0.15, 0.2) is 0 Å². The van der Waals surface area contributed by atoms with E-state index in [1.807, 2.05) is 0 Å². The summed E-state index contributed by atoms with van der Waals surface area (Å²) in [4.78, 5) is 4.80. The highest BCUT2D eigenvalue weighted by Crippen LogP contribution is 2.12. The van der Waals surface area contributed by atoms with Crippen LogP contribution in [0.4, 0.5) is 0 Å². The highest BCUT2D eigenvalue weighted by Gasteiger charge is 2.11. The van der Waals surface area contributed by atoms with Crippen LogP contribution in [-0.4, -0.2) is 88.8 Å². The van der Waals surface area contributed by atoms with E-state index in [0.29, 0.717) is 26.4 Å². The Kier molecular flexibility index (Phi) is 8.84. The number of rotatable bonds is 0. The molecule has 0 N–H and O–H groups in total. The Bertz CT molecular complexity index is 453. The van der Waals surface area contributed by atoms with Gasteiger partial charge in [0.05, 0.1) is 52.9 Å². The Balaban J connectivity index is 1.76. The van der Waals surface area contributed by atoms with Crippen molar-refractivity contribution >= 4 is 0 Å². The third-order valence-electron chi connectivity index (χ3n) is 4.76. The minimum absolute atomic E-state index is 0.654. The fraction of sp³-hybridized carbons (Fsp3) is 0.700. The summed E-state index contributed by atoms with van der Waals surface area (Å²) in [6, 6.07) is 8.91. The number of benzene rings is 1. The van der Waals surface area contributed by atoms with E-state index in [0.717, 1.165) is 65.7 Å². The van der Waals surface area contributed by atoms with Crippen molar-refractivity contribution in [2.45, 2.75) is 13.1 Å². The van der Waals surface area contributed by atoms with Crippen LogP contribution in [0.3, 0.4) is 0 Å². The Morgan fingerprint density at radius 2 is 0.923 bits per heavy atom. The molecule has 2 aliphatic heterocycles. The van der Waals surface area contributed by atoms with Crippen molar-refractivity contribution in [2.24, 2.45) is 0 Å². The van der Waals surface area contributed by atoms with E-state index in [2.05, 4.69) is 34.1 Å². The van der Waals surface area contributed by atoms with Gasteiger partial charge in [0.25, 0.3) is 0 Å². The van der Waals surface area contributed by atoms with Gasteiger partial charge in [-0.15, -0.1) is 0 Å². The summed E-state index contributed by atoms with van der Waals surface area (Å²) in [5.74, 6) is 0. The largest absolute Gasteiger partial charge is 0.378 e. The second kappa shape index (κ2) is 11.6. The lowest BCUT2D eigenvalue weighted by atomic mass is 10.1. The molecular weight excluding hydrogens is 332 g/mol. The van der Waals surface area contributed by atoms with Gasteiger partial charge in [0.1, 0.15) is 0 Å². The maximum absolute atomic E-state index is 5.75. The molecule has 0 saturated heterocycles. The number of hydrogen-bond donors (Lipinski definition) is 0. The molecule has 6 nitrogen and oxygen atoms in total. The lowest BCUT2D eigenvalue weighted by molar-refractivity contribution is 0.00664. The van der Waals surface area contributed by atoms with E-state index < -0.39 is 0 Å². The predicted octanol–water partition coefficient (Wildman–Crippen LogP) is 1.38. The molecule has 2 aliphatic rings. The van der Waals surface area contributed by atoms with Crippen LogP contribution in [0.25, 0.3) is 0 Å². The zero-order valence-corrected chi connectivity index (χ0v) is 15.7. The van der Waals surface area contributed by atoms with Crippen molar-refractivity contribution in [1.82, 2.24) is 9.80 Å². The summed E-state index contributed by atoms with van der Waals surface area (Å²) in [5.41, 5.74) is 2.69. The van der Waals surface area contributed by atoms with Gasteiger partial charge >= 0.3 is 0 Å². The molecule has 0 atom stereocenters. The molecule has 1 aromatic rings. The van der Waals surface area contributed by atoms with Crippen molar-refractivity contribution in [3.8, 4) is 0 Å². The maximum Gasteiger partial charge on any atom is 0.0701 e. The molecule has 3 rings (SSSR count). The Morgan fingerprint density at radius 3 is 1.31 bits per heavy atom. The molecule has 1 aromatic carbocycles. The van der Waals surface area contributed by atoms with Crippen LogP contribution < -0.4 is 0 Å². The third kappa shape index (κ3) is 7.31. The highest BCUT2D eigenvalue weighted by molar-refractivity contribution is 5.23. The molecule has 4 bridgehead atoms. The van der Waals surface area contributed by atoms with E-state index in [4.69, 9.17) is 18.9 Å². The van der Waals surface area contributed by atoms with Gasteiger partial charge in [-0.1, -0.05) is 24.3 Å². The van der Waals surface area contributed by atoms with Crippen LogP contribution in [0, 0.1) is 0 Å². The first-order chi connectivity index (χ1) is 12.9. The van der Waals surface area contributed by atoms with Crippen LogP contribution in [-0.2, 0) is 32.0 Å². The van der Waals surface area contributed by atoms with E-state index in [1.54, 1.807) is 0 Å². The van der Waals surface area contributed by atoms with Gasteiger partial charge in [-0.05, 0) is 11.1 Å². The number of ether oxygens (including phenoxy) is 4. The van der Waals surface area contributed by atoms with Gasteiger partial charge in [-0.3, -0.25) is 9.80 Å². The molecule has 0 aromatic heterocycles. The molecule has 0 amide bonds. The lowest BCUT2D eigenvalue weighted by Gasteiger charge is -2.23. The number of nitrogens with zero attached hydrogens (tertiary/aromatic N) is 2. The zero-order chi connectivity index (χ0) is 17.9. The summed E-state index contributed by atoms with van der Waals surface area (Å²) in [6.45, 7) is 10.9. The molecule has 0 aliphatic carbocycles. The van der Waals surface area contributed by atoms with Crippen LogP contribution in [0.1, 0.15) is 11.1 Å². The highest BCUT2D eigenvalue weighted by atomic mass is 16.5. The van der Waals surface area contributed by atoms with Crippen LogP contribution >= 0.6 is 0 Å². The summed E-state index contributed by atoms with van der Waals surface area (Å²) in [7, 11) is 0.